The number of allylic oxidation sites excluding steroid dienone is 11. The van der Waals surface area contributed by atoms with E-state index in [4.69, 9.17) is 12.3 Å². The Morgan fingerprint density at radius 1 is 1.03 bits per heavy atom. The van der Waals surface area contributed by atoms with E-state index in [-0.39, 0.29) is 25.5 Å². The monoisotopic (exact) mass is 688 g/mol. The Bertz CT molecular complexity index is 1350. The van der Waals surface area contributed by atoms with Gasteiger partial charge in [0.15, 0.2) is 0 Å². The summed E-state index contributed by atoms with van der Waals surface area (Å²) in [4.78, 5) is 8.45. The summed E-state index contributed by atoms with van der Waals surface area (Å²) < 4.78 is 0. The summed E-state index contributed by atoms with van der Waals surface area (Å²) in [7, 11) is 0. The number of nitrogens with one attached hydrogen (secondary N) is 1. The third-order valence-electron chi connectivity index (χ3n) is 5.04. The van der Waals surface area contributed by atoms with Crippen LogP contribution in [0.2, 0.25) is 0 Å². The van der Waals surface area contributed by atoms with Crippen molar-refractivity contribution in [2.75, 3.05) is 0 Å². The molecule has 5 heteroatoms. The Morgan fingerprint density at radius 2 is 1.77 bits per heavy atom. The van der Waals surface area contributed by atoms with Crippen LogP contribution in [-0.4, -0.2) is 15.7 Å². The first-order valence-corrected chi connectivity index (χ1v) is 12.1. The summed E-state index contributed by atoms with van der Waals surface area (Å²) >= 11 is 0. The third kappa shape index (κ3) is 12.7. The van der Waals surface area contributed by atoms with E-state index in [1.807, 2.05) is 42.5 Å². The van der Waals surface area contributed by atoms with Gasteiger partial charge in [-0.1, -0.05) is 80.6 Å². The number of aromatic nitrogens is 2. The van der Waals surface area contributed by atoms with Crippen LogP contribution in [0.3, 0.4) is 0 Å². The van der Waals surface area contributed by atoms with Crippen LogP contribution in [0.4, 0.5) is 0 Å². The van der Waals surface area contributed by atoms with Gasteiger partial charge in [-0.3, -0.25) is 16.5 Å². The van der Waals surface area contributed by atoms with E-state index < -0.39 is 0 Å². The van der Waals surface area contributed by atoms with Crippen LogP contribution < -0.4 is 0 Å². The molecule has 196 valence electrons. The van der Waals surface area contributed by atoms with E-state index in [2.05, 4.69) is 48.6 Å². The van der Waals surface area contributed by atoms with Crippen LogP contribution in [0.25, 0.3) is 33.7 Å². The van der Waals surface area contributed by atoms with Crippen LogP contribution in [0, 0.1) is 19.6 Å². The van der Waals surface area contributed by atoms with Crippen molar-refractivity contribution in [2.24, 2.45) is 0 Å². The molecule has 2 heterocycles. The fourth-order valence-electron chi connectivity index (χ4n) is 3.15. The third-order valence-corrected chi connectivity index (χ3v) is 5.04. The molecule has 0 unspecified atom stereocenters. The molecule has 39 heavy (non-hydrogen) atoms. The van der Waals surface area contributed by atoms with Crippen molar-refractivity contribution >= 4 is 17.0 Å². The molecule has 4 nitrogen and oxygen atoms in total. The summed E-state index contributed by atoms with van der Waals surface area (Å²) in [6.45, 7) is 13.0. The van der Waals surface area contributed by atoms with Gasteiger partial charge in [-0.15, -0.1) is 46.7 Å². The van der Waals surface area contributed by atoms with Crippen LogP contribution in [0.15, 0.2) is 128 Å². The van der Waals surface area contributed by atoms with E-state index in [1.165, 1.54) is 11.6 Å². The smallest absolute Gasteiger partial charge is 0.807 e. The van der Waals surface area contributed by atoms with E-state index >= 15 is 0 Å². The molecular formula is C34H32N4Os. The van der Waals surface area contributed by atoms with Gasteiger partial charge in [-0.2, -0.15) is 11.8 Å². The predicted molar refractivity (Wildman–Crippen MR) is 163 cm³/mol. The fraction of sp³-hybridized carbons (Fsp3) is 0.0882. The zero-order chi connectivity index (χ0) is 27.6. The molecule has 1 N–H and O–H groups in total. The molecule has 0 atom stereocenters. The Hall–Kier alpha value is -4.19. The van der Waals surface area contributed by atoms with E-state index in [0.717, 1.165) is 22.4 Å². The van der Waals surface area contributed by atoms with Crippen molar-refractivity contribution in [2.45, 2.75) is 20.3 Å². The minimum absolute atomic E-state index is 0. The molecule has 0 aliphatic carbocycles. The molecule has 3 aromatic rings. The second-order valence-electron chi connectivity index (χ2n) is 8.14. The van der Waals surface area contributed by atoms with Gasteiger partial charge < -0.3 is 11.1 Å². The maximum Gasteiger partial charge on any atom is 4.00 e. The normalized spacial score (nSPS) is 11.6. The van der Waals surface area contributed by atoms with Crippen LogP contribution in [-0.2, 0) is 19.8 Å². The van der Waals surface area contributed by atoms with E-state index in [0.29, 0.717) is 17.8 Å². The summed E-state index contributed by atoms with van der Waals surface area (Å²) in [6.07, 6.45) is 21.2. The van der Waals surface area contributed by atoms with Crippen LogP contribution in [0.1, 0.15) is 30.2 Å². The second-order valence-corrected chi connectivity index (χ2v) is 8.14. The minimum atomic E-state index is 0. The van der Waals surface area contributed by atoms with Gasteiger partial charge >= 0.3 is 19.8 Å². The molecule has 0 spiro atoms. The molecule has 0 bridgehead atoms. The molecule has 0 aliphatic heterocycles. The van der Waals surface area contributed by atoms with Gasteiger partial charge in [0, 0.05) is 23.8 Å². The van der Waals surface area contributed by atoms with Crippen molar-refractivity contribution in [1.82, 2.24) is 9.97 Å². The Balaban J connectivity index is 0.000000383. The molecule has 2 aromatic heterocycles. The SMILES string of the molecule is C=C/C=C\C(=[N-])C/C=C\C=C(/[NH-])c1ccccn1.[CH-]=C/C=C\C=C(/C)c1[c-]c(-c2ccccn2)cc(C)c1.[Os+4]. The van der Waals surface area contributed by atoms with Gasteiger partial charge in [-0.25, -0.2) is 12.2 Å². The number of hydrogen-bond acceptors (Lipinski definition) is 2. The van der Waals surface area contributed by atoms with Gasteiger partial charge in [0.2, 0.25) is 0 Å². The zero-order valence-corrected chi connectivity index (χ0v) is 24.8. The van der Waals surface area contributed by atoms with Crippen molar-refractivity contribution in [3.63, 3.8) is 0 Å². The number of hydrogen-bond donors (Lipinski definition) is 0. The maximum absolute atomic E-state index is 9.41. The van der Waals surface area contributed by atoms with Gasteiger partial charge in [0.05, 0.1) is 0 Å². The number of benzene rings is 1. The summed E-state index contributed by atoms with van der Waals surface area (Å²) in [5.74, 6) is 0. The topological polar surface area (TPSA) is 71.9 Å². The fourth-order valence-corrected chi connectivity index (χ4v) is 3.15. The largest absolute Gasteiger partial charge is 4.00 e. The quantitative estimate of drug-likeness (QED) is 0.121. The summed E-state index contributed by atoms with van der Waals surface area (Å²) in [6, 6.07) is 19.0. The second kappa shape index (κ2) is 19.0. The molecule has 0 aliphatic rings. The van der Waals surface area contributed by atoms with Crippen LogP contribution >= 0.6 is 0 Å². The number of nitrogens with zero attached hydrogens (tertiary/aromatic N) is 3. The van der Waals surface area contributed by atoms with Crippen LogP contribution in [0.5, 0.6) is 0 Å². The number of aryl methyl sites for hydroxylation is 1. The zero-order valence-electron chi connectivity index (χ0n) is 22.2. The molecule has 3 rings (SSSR count). The Kier molecular flexibility index (Phi) is 16.0. The predicted octanol–water partition coefficient (Wildman–Crippen LogP) is 8.98. The van der Waals surface area contributed by atoms with Gasteiger partial charge in [-0.05, 0) is 24.6 Å². The van der Waals surface area contributed by atoms with Crippen molar-refractivity contribution < 1.29 is 19.8 Å². The molecule has 0 radical (unpaired) electrons. The number of pyridine rings is 2. The summed E-state index contributed by atoms with van der Waals surface area (Å²) in [5, 5.41) is 9.41. The first-order chi connectivity index (χ1) is 18.4. The standard InChI is InChI=1S/C19H17N.C15H15N3.Os/c1-4-5-6-9-16(3)17-12-15(2)13-18(14-17)19-10-7-8-11-20-19;1-2-3-8-13(16)9-4-5-10-14(17)15-11-6-7-12-18-15;/h1,4-13H,2-3H3;2-8,10-12,17H,1,9H2;/q2*-2;+4/b6-5-,16-9+;5-4-,8-3-,14-10-;. The Morgan fingerprint density at radius 3 is 2.41 bits per heavy atom. The average molecular weight is 687 g/mol. The molecule has 0 fully saturated rings. The molecule has 0 amide bonds. The van der Waals surface area contributed by atoms with Gasteiger partial charge in [0.25, 0.3) is 0 Å². The molecular weight excluding hydrogens is 655 g/mol. The number of rotatable bonds is 10. The average Bonchev–Trinajstić information content (AvgIpc) is 2.95. The van der Waals surface area contributed by atoms with E-state index in [1.54, 1.807) is 61.0 Å². The van der Waals surface area contributed by atoms with Crippen molar-refractivity contribution in [3.05, 3.63) is 169 Å². The molecule has 1 aromatic carbocycles. The van der Waals surface area contributed by atoms with E-state index in [9.17, 15) is 5.41 Å². The first kappa shape index (κ1) is 32.8. The van der Waals surface area contributed by atoms with Crippen molar-refractivity contribution in [1.29, 1.82) is 0 Å². The Labute approximate surface area is 246 Å². The molecule has 0 saturated carbocycles. The first-order valence-electron chi connectivity index (χ1n) is 12.1. The van der Waals surface area contributed by atoms with Crippen molar-refractivity contribution in [3.8, 4) is 11.3 Å². The molecule has 0 saturated heterocycles. The minimum Gasteiger partial charge on any atom is -0.807 e. The summed E-state index contributed by atoms with van der Waals surface area (Å²) in [5.41, 5.74) is 14.4. The maximum atomic E-state index is 9.41. The van der Waals surface area contributed by atoms with Gasteiger partial charge in [0.1, 0.15) is 0 Å².